The van der Waals surface area contributed by atoms with Crippen molar-refractivity contribution in [3.8, 4) is 11.6 Å². The zero-order valence-corrected chi connectivity index (χ0v) is 16.1. The molecule has 132 valence electrons. The lowest BCUT2D eigenvalue weighted by molar-refractivity contribution is 0.102. The van der Waals surface area contributed by atoms with Crippen LogP contribution in [0.4, 0.5) is 10.1 Å². The van der Waals surface area contributed by atoms with Crippen LogP contribution < -0.4 is 10.1 Å². The van der Waals surface area contributed by atoms with Gasteiger partial charge in [0.2, 0.25) is 5.88 Å². The highest BCUT2D eigenvalue weighted by Crippen LogP contribution is 2.33. The fourth-order valence-electron chi connectivity index (χ4n) is 2.10. The van der Waals surface area contributed by atoms with E-state index in [0.717, 1.165) is 0 Å². The van der Waals surface area contributed by atoms with Crippen LogP contribution >= 0.6 is 39.1 Å². The van der Waals surface area contributed by atoms with Gasteiger partial charge in [0.1, 0.15) is 10.8 Å². The fourth-order valence-corrected chi connectivity index (χ4v) is 2.88. The minimum absolute atomic E-state index is 0.100. The molecule has 0 spiro atoms. The number of pyridine rings is 1. The Hall–Kier alpha value is -2.15. The van der Waals surface area contributed by atoms with Crippen molar-refractivity contribution in [3.63, 3.8) is 0 Å². The minimum Gasteiger partial charge on any atom is -0.435 e. The number of hydrogen-bond acceptors (Lipinski definition) is 3. The third-order valence-electron chi connectivity index (χ3n) is 3.29. The van der Waals surface area contributed by atoms with Crippen molar-refractivity contribution in [2.24, 2.45) is 0 Å². The number of ether oxygens (including phenoxy) is 1. The Morgan fingerprint density at radius 2 is 1.92 bits per heavy atom. The molecule has 1 N–H and O–H groups in total. The number of benzene rings is 2. The molecule has 0 unspecified atom stereocenters. The van der Waals surface area contributed by atoms with E-state index in [1.807, 2.05) is 0 Å². The van der Waals surface area contributed by atoms with Gasteiger partial charge >= 0.3 is 0 Å². The highest BCUT2D eigenvalue weighted by atomic mass is 79.9. The predicted octanol–water partition coefficient (Wildman–Crippen LogP) is 6.33. The standard InChI is InChI=1S/C18H10BrCl2FN2O2/c19-10-5-6-14(22)12(7-10)17(25)24-15-3-1-2-4-16(15)26-18-13(21)8-11(20)9-23-18/h1-9H,(H,24,25). The van der Waals surface area contributed by atoms with Crippen LogP contribution in [0.3, 0.4) is 0 Å². The first-order chi connectivity index (χ1) is 12.4. The summed E-state index contributed by atoms with van der Waals surface area (Å²) in [6.45, 7) is 0. The Morgan fingerprint density at radius 1 is 1.15 bits per heavy atom. The first kappa shape index (κ1) is 18.6. The van der Waals surface area contributed by atoms with Crippen molar-refractivity contribution in [1.29, 1.82) is 0 Å². The number of nitrogens with one attached hydrogen (secondary N) is 1. The van der Waals surface area contributed by atoms with E-state index in [9.17, 15) is 9.18 Å². The van der Waals surface area contributed by atoms with E-state index in [2.05, 4.69) is 26.2 Å². The smallest absolute Gasteiger partial charge is 0.258 e. The van der Waals surface area contributed by atoms with Gasteiger partial charge in [0.05, 0.1) is 16.3 Å². The molecule has 0 aliphatic heterocycles. The molecule has 0 fully saturated rings. The molecule has 0 aliphatic rings. The topological polar surface area (TPSA) is 51.2 Å². The lowest BCUT2D eigenvalue weighted by Crippen LogP contribution is -2.14. The van der Waals surface area contributed by atoms with Crippen molar-refractivity contribution in [2.75, 3.05) is 5.32 Å². The summed E-state index contributed by atoms with van der Waals surface area (Å²) < 4.78 is 20.2. The Kier molecular flexibility index (Phi) is 5.76. The van der Waals surface area contributed by atoms with Gasteiger partial charge in [-0.2, -0.15) is 0 Å². The number of halogens is 4. The molecule has 8 heteroatoms. The van der Waals surface area contributed by atoms with Gasteiger partial charge in [0.15, 0.2) is 5.75 Å². The maximum absolute atomic E-state index is 13.9. The molecule has 0 bridgehead atoms. The minimum atomic E-state index is -0.633. The lowest BCUT2D eigenvalue weighted by atomic mass is 10.2. The number of anilines is 1. The van der Waals surface area contributed by atoms with Crippen molar-refractivity contribution >= 4 is 50.7 Å². The summed E-state index contributed by atoms with van der Waals surface area (Å²) in [6.07, 6.45) is 1.39. The van der Waals surface area contributed by atoms with Crippen LogP contribution in [0.5, 0.6) is 11.6 Å². The summed E-state index contributed by atoms with van der Waals surface area (Å²) in [7, 11) is 0. The van der Waals surface area contributed by atoms with Crippen molar-refractivity contribution < 1.29 is 13.9 Å². The van der Waals surface area contributed by atoms with Crippen LogP contribution in [0.25, 0.3) is 0 Å². The SMILES string of the molecule is O=C(Nc1ccccc1Oc1ncc(Cl)cc1Cl)c1cc(Br)ccc1F. The first-order valence-electron chi connectivity index (χ1n) is 7.28. The molecule has 0 saturated carbocycles. The Bertz CT molecular complexity index is 985. The maximum atomic E-state index is 13.9. The second-order valence-corrected chi connectivity index (χ2v) is 6.88. The second-order valence-electron chi connectivity index (χ2n) is 5.12. The highest BCUT2D eigenvalue weighted by molar-refractivity contribution is 9.10. The van der Waals surface area contributed by atoms with Crippen LogP contribution in [0, 0.1) is 5.82 Å². The molecule has 2 aromatic carbocycles. The van der Waals surface area contributed by atoms with Crippen LogP contribution in [-0.4, -0.2) is 10.9 Å². The van der Waals surface area contributed by atoms with Gasteiger partial charge in [0, 0.05) is 10.7 Å². The molecule has 4 nitrogen and oxygen atoms in total. The van der Waals surface area contributed by atoms with Crippen LogP contribution in [-0.2, 0) is 0 Å². The van der Waals surface area contributed by atoms with E-state index in [1.54, 1.807) is 24.3 Å². The number of carbonyl (C=O) groups excluding carboxylic acids is 1. The van der Waals surface area contributed by atoms with Crippen LogP contribution in [0.15, 0.2) is 59.2 Å². The Morgan fingerprint density at radius 3 is 2.69 bits per heavy atom. The quantitative estimate of drug-likeness (QED) is 0.499. The summed E-state index contributed by atoms with van der Waals surface area (Å²) >= 11 is 15.1. The lowest BCUT2D eigenvalue weighted by Gasteiger charge is -2.13. The zero-order valence-electron chi connectivity index (χ0n) is 13.0. The average molecular weight is 456 g/mol. The molecule has 1 aromatic heterocycles. The molecule has 3 aromatic rings. The molecule has 0 aliphatic carbocycles. The van der Waals surface area contributed by atoms with Gasteiger partial charge < -0.3 is 10.1 Å². The number of rotatable bonds is 4. The van der Waals surface area contributed by atoms with Gasteiger partial charge in [-0.05, 0) is 36.4 Å². The van der Waals surface area contributed by atoms with E-state index < -0.39 is 11.7 Å². The summed E-state index contributed by atoms with van der Waals surface area (Å²) in [6, 6.07) is 12.3. The predicted molar refractivity (Wildman–Crippen MR) is 103 cm³/mol. The first-order valence-corrected chi connectivity index (χ1v) is 8.83. The van der Waals surface area contributed by atoms with E-state index >= 15 is 0 Å². The van der Waals surface area contributed by atoms with Gasteiger partial charge in [-0.25, -0.2) is 9.37 Å². The number of para-hydroxylation sites is 2. The van der Waals surface area contributed by atoms with Crippen molar-refractivity contribution in [2.45, 2.75) is 0 Å². The Labute approximate surface area is 167 Å². The van der Waals surface area contributed by atoms with Crippen LogP contribution in [0.2, 0.25) is 10.0 Å². The number of amides is 1. The highest BCUT2D eigenvalue weighted by Gasteiger charge is 2.15. The van der Waals surface area contributed by atoms with E-state index in [0.29, 0.717) is 20.9 Å². The third-order valence-corrected chi connectivity index (χ3v) is 4.26. The van der Waals surface area contributed by atoms with Crippen molar-refractivity contribution in [3.05, 3.63) is 80.6 Å². The maximum Gasteiger partial charge on any atom is 0.258 e. The number of aromatic nitrogens is 1. The zero-order chi connectivity index (χ0) is 18.7. The molecule has 0 saturated heterocycles. The molecule has 3 rings (SSSR count). The average Bonchev–Trinajstić information content (AvgIpc) is 2.61. The number of nitrogens with zero attached hydrogens (tertiary/aromatic N) is 1. The number of carbonyl (C=O) groups is 1. The molecule has 26 heavy (non-hydrogen) atoms. The third kappa shape index (κ3) is 4.33. The normalized spacial score (nSPS) is 10.5. The molecular formula is C18H10BrCl2FN2O2. The largest absolute Gasteiger partial charge is 0.435 e. The number of hydrogen-bond donors (Lipinski definition) is 1. The molecule has 0 atom stereocenters. The van der Waals surface area contributed by atoms with E-state index in [-0.39, 0.29) is 16.5 Å². The second kappa shape index (κ2) is 8.03. The summed E-state index contributed by atoms with van der Waals surface area (Å²) in [5, 5.41) is 3.21. The Balaban J connectivity index is 1.87. The van der Waals surface area contributed by atoms with Gasteiger partial charge in [-0.1, -0.05) is 51.3 Å². The monoisotopic (exact) mass is 454 g/mol. The molecule has 1 amide bonds. The molecule has 0 radical (unpaired) electrons. The molecular weight excluding hydrogens is 446 g/mol. The van der Waals surface area contributed by atoms with Gasteiger partial charge in [-0.15, -0.1) is 0 Å². The van der Waals surface area contributed by atoms with Crippen molar-refractivity contribution in [1.82, 2.24) is 4.98 Å². The van der Waals surface area contributed by atoms with Gasteiger partial charge in [-0.3, -0.25) is 4.79 Å². The van der Waals surface area contributed by atoms with E-state index in [4.69, 9.17) is 27.9 Å². The fraction of sp³-hybridized carbons (Fsp3) is 0. The van der Waals surface area contributed by atoms with Crippen LogP contribution in [0.1, 0.15) is 10.4 Å². The van der Waals surface area contributed by atoms with Gasteiger partial charge in [0.25, 0.3) is 5.91 Å². The summed E-state index contributed by atoms with van der Waals surface area (Å²) in [5.41, 5.74) is 0.238. The van der Waals surface area contributed by atoms with E-state index in [1.165, 1.54) is 30.5 Å². The summed E-state index contributed by atoms with van der Waals surface area (Å²) in [4.78, 5) is 16.4. The molecule has 1 heterocycles. The summed E-state index contributed by atoms with van der Waals surface area (Å²) in [5.74, 6) is -0.819.